The Labute approximate surface area is 222 Å². The number of hydrogen-bond donors (Lipinski definition) is 2. The van der Waals surface area contributed by atoms with E-state index >= 15 is 0 Å². The molecule has 2 amide bonds. The summed E-state index contributed by atoms with van der Waals surface area (Å²) in [5, 5.41) is 18.4. The summed E-state index contributed by atoms with van der Waals surface area (Å²) < 4.78 is 29.6. The van der Waals surface area contributed by atoms with Crippen LogP contribution < -0.4 is 10.3 Å². The minimum Gasteiger partial charge on any atom is -0.508 e. The molecule has 4 aromatic rings. The fraction of sp³-hybridized carbons (Fsp3) is 0.172. The number of carbonyl (C=O) groups excluding carboxylic acids is 3. The molecule has 0 spiro atoms. The number of aromatic hydroxyl groups is 1. The first-order valence-corrected chi connectivity index (χ1v) is 12.2. The van der Waals surface area contributed by atoms with Gasteiger partial charge in [-0.15, -0.1) is 0 Å². The van der Waals surface area contributed by atoms with Crippen LogP contribution in [0.4, 0.5) is 20.2 Å². The molecule has 1 atom stereocenters. The number of anilines is 2. The lowest BCUT2D eigenvalue weighted by atomic mass is 10.0. The average molecular weight is 531 g/mol. The molecule has 0 radical (unpaired) electrons. The lowest BCUT2D eigenvalue weighted by Crippen LogP contribution is -2.36. The van der Waals surface area contributed by atoms with E-state index < -0.39 is 23.7 Å². The van der Waals surface area contributed by atoms with Gasteiger partial charge in [0.2, 0.25) is 5.91 Å². The monoisotopic (exact) mass is 530 g/mol. The van der Waals surface area contributed by atoms with Crippen LogP contribution in [0, 0.1) is 5.92 Å². The summed E-state index contributed by atoms with van der Waals surface area (Å²) >= 11 is 0. The number of alkyl halides is 2. The molecule has 1 aromatic heterocycles. The van der Waals surface area contributed by atoms with Gasteiger partial charge in [0.25, 0.3) is 17.7 Å². The van der Waals surface area contributed by atoms with Gasteiger partial charge in [0, 0.05) is 34.8 Å². The zero-order chi connectivity index (χ0) is 27.9. The number of halogens is 2. The fourth-order valence-corrected chi connectivity index (χ4v) is 4.50. The van der Waals surface area contributed by atoms with Crippen LogP contribution in [0.15, 0.2) is 84.1 Å². The Balaban J connectivity index is 1.40. The standard InChI is InChI=1S/C29H24F2N4O4/c1-3-29(30,31)20-7-5-8-21(15-20)32-26(37)25-17(2)33-35(28(25)39)22-11-10-18-12-13-34(24(18)16-22)27(38)19-6-4-9-23(36)14-19/h4-16,25,36H,3H2,1-2H3,(H,32,37). The summed E-state index contributed by atoms with van der Waals surface area (Å²) in [6.45, 7) is 2.91. The molecule has 2 N–H and O–H groups in total. The molecule has 1 aliphatic rings. The largest absolute Gasteiger partial charge is 0.508 e. The number of carbonyl (C=O) groups is 3. The van der Waals surface area contributed by atoms with Crippen LogP contribution in [-0.4, -0.2) is 33.1 Å². The fourth-order valence-electron chi connectivity index (χ4n) is 4.50. The maximum absolute atomic E-state index is 14.1. The third-order valence-electron chi connectivity index (χ3n) is 6.62. The van der Waals surface area contributed by atoms with Crippen LogP contribution in [-0.2, 0) is 15.5 Å². The van der Waals surface area contributed by atoms with Crippen LogP contribution >= 0.6 is 0 Å². The third-order valence-corrected chi connectivity index (χ3v) is 6.62. The zero-order valence-electron chi connectivity index (χ0n) is 21.1. The highest BCUT2D eigenvalue weighted by Crippen LogP contribution is 2.33. The van der Waals surface area contributed by atoms with Crippen molar-refractivity contribution in [3.8, 4) is 5.75 Å². The molecule has 0 aliphatic carbocycles. The number of phenols is 1. The van der Waals surface area contributed by atoms with Gasteiger partial charge in [-0.3, -0.25) is 19.0 Å². The van der Waals surface area contributed by atoms with Gasteiger partial charge in [0.1, 0.15) is 5.75 Å². The maximum atomic E-state index is 14.1. The summed E-state index contributed by atoms with van der Waals surface area (Å²) in [5.41, 5.74) is 1.28. The number of rotatable bonds is 6. The van der Waals surface area contributed by atoms with Crippen LogP contribution in [0.1, 0.15) is 36.2 Å². The lowest BCUT2D eigenvalue weighted by molar-refractivity contribution is -0.127. The van der Waals surface area contributed by atoms with Gasteiger partial charge in [-0.2, -0.15) is 10.1 Å². The Hall–Kier alpha value is -4.86. The van der Waals surface area contributed by atoms with Crippen LogP contribution in [0.25, 0.3) is 10.9 Å². The first-order chi connectivity index (χ1) is 18.6. The molecule has 3 aromatic carbocycles. The predicted molar refractivity (Wildman–Crippen MR) is 143 cm³/mol. The van der Waals surface area contributed by atoms with E-state index in [0.717, 1.165) is 10.4 Å². The molecule has 10 heteroatoms. The highest BCUT2D eigenvalue weighted by Gasteiger charge is 2.40. The first-order valence-electron chi connectivity index (χ1n) is 12.2. The molecule has 0 saturated heterocycles. The number of aromatic nitrogens is 1. The van der Waals surface area contributed by atoms with Crippen LogP contribution in [0.5, 0.6) is 5.75 Å². The Bertz CT molecular complexity index is 1660. The second-order valence-corrected chi connectivity index (χ2v) is 9.24. The second kappa shape index (κ2) is 9.79. The Kier molecular flexibility index (Phi) is 6.47. The molecule has 8 nitrogen and oxygen atoms in total. The van der Waals surface area contributed by atoms with Crippen molar-refractivity contribution >= 4 is 45.7 Å². The molecular formula is C29H24F2N4O4. The smallest absolute Gasteiger partial charge is 0.273 e. The number of benzene rings is 3. The third kappa shape index (κ3) is 4.76. The number of hydrogen-bond acceptors (Lipinski definition) is 5. The van der Waals surface area contributed by atoms with Gasteiger partial charge in [-0.1, -0.05) is 31.2 Å². The topological polar surface area (TPSA) is 104 Å². The first kappa shape index (κ1) is 25.8. The summed E-state index contributed by atoms with van der Waals surface area (Å²) in [5.74, 6) is -6.02. The van der Waals surface area contributed by atoms with Crippen LogP contribution in [0.2, 0.25) is 0 Å². The SMILES string of the molecule is CCC(F)(F)c1cccc(NC(=O)C2C(=O)N(c3ccc4ccn(C(=O)c5cccc(O)c5)c4c3)N=C2C)c1. The number of amides is 2. The molecule has 1 aliphatic heterocycles. The Morgan fingerprint density at radius 3 is 2.56 bits per heavy atom. The molecule has 0 bridgehead atoms. The molecule has 2 heterocycles. The Morgan fingerprint density at radius 2 is 1.82 bits per heavy atom. The van der Waals surface area contributed by atoms with E-state index in [9.17, 15) is 28.3 Å². The maximum Gasteiger partial charge on any atom is 0.273 e. The highest BCUT2D eigenvalue weighted by atomic mass is 19.3. The minimum absolute atomic E-state index is 0.0411. The number of nitrogens with zero attached hydrogens (tertiary/aromatic N) is 3. The molecule has 0 fully saturated rings. The average Bonchev–Trinajstić information content (AvgIpc) is 3.47. The van der Waals surface area contributed by atoms with E-state index in [0.29, 0.717) is 11.2 Å². The van der Waals surface area contributed by atoms with Gasteiger partial charge in [-0.25, -0.2) is 8.78 Å². The van der Waals surface area contributed by atoms with E-state index in [1.807, 2.05) is 0 Å². The van der Waals surface area contributed by atoms with Gasteiger partial charge < -0.3 is 10.4 Å². The van der Waals surface area contributed by atoms with Crippen molar-refractivity contribution in [2.75, 3.05) is 10.3 Å². The summed E-state index contributed by atoms with van der Waals surface area (Å²) in [4.78, 5) is 39.4. The minimum atomic E-state index is -3.04. The van der Waals surface area contributed by atoms with Crippen molar-refractivity contribution in [1.29, 1.82) is 0 Å². The lowest BCUT2D eigenvalue weighted by Gasteiger charge is -2.17. The van der Waals surface area contributed by atoms with E-state index in [2.05, 4.69) is 10.4 Å². The molecule has 0 saturated carbocycles. The number of phenolic OH excluding ortho intramolecular Hbond substituents is 1. The summed E-state index contributed by atoms with van der Waals surface area (Å²) in [6.07, 6.45) is 1.20. The van der Waals surface area contributed by atoms with E-state index in [4.69, 9.17) is 0 Å². The molecular weight excluding hydrogens is 506 g/mol. The summed E-state index contributed by atoms with van der Waals surface area (Å²) in [7, 11) is 0. The van der Waals surface area contributed by atoms with Crippen molar-refractivity contribution in [3.63, 3.8) is 0 Å². The van der Waals surface area contributed by atoms with Gasteiger partial charge in [-0.05, 0) is 55.5 Å². The second-order valence-electron chi connectivity index (χ2n) is 9.24. The number of fused-ring (bicyclic) bond motifs is 1. The quantitative estimate of drug-likeness (QED) is 0.321. The molecule has 198 valence electrons. The van der Waals surface area contributed by atoms with Crippen molar-refractivity contribution < 1.29 is 28.3 Å². The van der Waals surface area contributed by atoms with Crippen LogP contribution in [0.3, 0.4) is 0 Å². The molecule has 39 heavy (non-hydrogen) atoms. The number of nitrogens with one attached hydrogen (secondary N) is 1. The van der Waals surface area contributed by atoms with Gasteiger partial charge >= 0.3 is 0 Å². The highest BCUT2D eigenvalue weighted by molar-refractivity contribution is 6.29. The predicted octanol–water partition coefficient (Wildman–Crippen LogP) is 5.51. The van der Waals surface area contributed by atoms with Gasteiger partial charge in [0.15, 0.2) is 5.92 Å². The van der Waals surface area contributed by atoms with Crippen molar-refractivity contribution in [1.82, 2.24) is 4.57 Å². The molecule has 5 rings (SSSR count). The normalized spacial score (nSPS) is 15.5. The van der Waals surface area contributed by atoms with E-state index in [1.165, 1.54) is 54.8 Å². The number of hydrazone groups is 1. The van der Waals surface area contributed by atoms with Crippen molar-refractivity contribution in [3.05, 3.63) is 90.1 Å². The summed E-state index contributed by atoms with van der Waals surface area (Å²) in [6, 6.07) is 18.1. The zero-order valence-corrected chi connectivity index (χ0v) is 21.1. The van der Waals surface area contributed by atoms with Gasteiger partial charge in [0.05, 0.1) is 16.9 Å². The van der Waals surface area contributed by atoms with Crippen molar-refractivity contribution in [2.45, 2.75) is 26.2 Å². The van der Waals surface area contributed by atoms with E-state index in [-0.39, 0.29) is 40.6 Å². The van der Waals surface area contributed by atoms with E-state index in [1.54, 1.807) is 42.6 Å². The van der Waals surface area contributed by atoms with Crippen molar-refractivity contribution in [2.24, 2.45) is 11.0 Å². The Morgan fingerprint density at radius 1 is 1.05 bits per heavy atom. The molecule has 1 unspecified atom stereocenters.